The smallest absolute Gasteiger partial charge is 0.161 e. The second-order valence-corrected chi connectivity index (χ2v) is 3.83. The van der Waals surface area contributed by atoms with Crippen molar-refractivity contribution in [2.45, 2.75) is 26.4 Å². The molecule has 0 aliphatic heterocycles. The van der Waals surface area contributed by atoms with Crippen molar-refractivity contribution >= 4 is 0 Å². The number of hydrogen-bond acceptors (Lipinski definition) is 4. The van der Waals surface area contributed by atoms with E-state index in [1.807, 2.05) is 13.8 Å². The second-order valence-electron chi connectivity index (χ2n) is 3.83. The van der Waals surface area contributed by atoms with E-state index in [2.05, 4.69) is 10.0 Å². The minimum absolute atomic E-state index is 0.259. The summed E-state index contributed by atoms with van der Waals surface area (Å²) < 4.78 is 10.9. The Kier molecular flexibility index (Phi) is 6.57. The average molecular weight is 265 g/mol. The van der Waals surface area contributed by atoms with Crippen molar-refractivity contribution in [2.24, 2.45) is 5.11 Å². The SMILES string of the molecule is CCOc1ccc(C(O)CCN=[N+]=[N-])cc1OCC. The van der Waals surface area contributed by atoms with Crippen LogP contribution in [0.4, 0.5) is 0 Å². The predicted octanol–water partition coefficient (Wildman–Crippen LogP) is 3.22. The van der Waals surface area contributed by atoms with Crippen molar-refractivity contribution in [3.05, 3.63) is 34.2 Å². The molecule has 0 radical (unpaired) electrons. The molecule has 1 rings (SSSR count). The van der Waals surface area contributed by atoms with Crippen molar-refractivity contribution in [1.82, 2.24) is 0 Å². The van der Waals surface area contributed by atoms with Crippen LogP contribution in [-0.2, 0) is 0 Å². The first-order valence-electron chi connectivity index (χ1n) is 6.31. The monoisotopic (exact) mass is 265 g/mol. The standard InChI is InChI=1S/C13H19N3O3/c1-3-18-12-6-5-10(9-13(12)19-4-2)11(17)7-8-15-16-14/h5-6,9,11,17H,3-4,7-8H2,1-2H3. The van der Waals surface area contributed by atoms with Crippen LogP contribution < -0.4 is 9.47 Å². The number of azide groups is 1. The summed E-state index contributed by atoms with van der Waals surface area (Å²) >= 11 is 0. The molecule has 0 heterocycles. The normalized spacial score (nSPS) is 11.5. The van der Waals surface area contributed by atoms with Crippen LogP contribution >= 0.6 is 0 Å². The van der Waals surface area contributed by atoms with E-state index < -0.39 is 6.10 Å². The third-order valence-electron chi connectivity index (χ3n) is 2.52. The molecule has 1 aromatic rings. The summed E-state index contributed by atoms with van der Waals surface area (Å²) in [5.74, 6) is 1.28. The van der Waals surface area contributed by atoms with Gasteiger partial charge in [-0.05, 0) is 43.5 Å². The van der Waals surface area contributed by atoms with Gasteiger partial charge >= 0.3 is 0 Å². The van der Waals surface area contributed by atoms with Crippen molar-refractivity contribution in [2.75, 3.05) is 19.8 Å². The minimum Gasteiger partial charge on any atom is -0.490 e. The van der Waals surface area contributed by atoms with Gasteiger partial charge in [0.1, 0.15) is 0 Å². The van der Waals surface area contributed by atoms with Gasteiger partial charge in [-0.3, -0.25) is 0 Å². The zero-order valence-electron chi connectivity index (χ0n) is 11.2. The fourth-order valence-electron chi connectivity index (χ4n) is 1.67. The lowest BCUT2D eigenvalue weighted by Crippen LogP contribution is -2.03. The van der Waals surface area contributed by atoms with Gasteiger partial charge in [0.25, 0.3) is 0 Å². The lowest BCUT2D eigenvalue weighted by Gasteiger charge is -2.15. The van der Waals surface area contributed by atoms with Gasteiger partial charge < -0.3 is 14.6 Å². The molecule has 0 aliphatic carbocycles. The Morgan fingerprint density at radius 2 is 1.95 bits per heavy atom. The highest BCUT2D eigenvalue weighted by Crippen LogP contribution is 2.31. The second kappa shape index (κ2) is 8.24. The summed E-state index contributed by atoms with van der Waals surface area (Å²) in [6.45, 7) is 5.13. The summed E-state index contributed by atoms with van der Waals surface area (Å²) in [6.07, 6.45) is -0.302. The number of benzene rings is 1. The van der Waals surface area contributed by atoms with Gasteiger partial charge in [-0.25, -0.2) is 0 Å². The first-order valence-corrected chi connectivity index (χ1v) is 6.31. The third-order valence-corrected chi connectivity index (χ3v) is 2.52. The summed E-state index contributed by atoms with van der Waals surface area (Å²) in [5, 5.41) is 13.4. The van der Waals surface area contributed by atoms with E-state index in [-0.39, 0.29) is 6.54 Å². The van der Waals surface area contributed by atoms with Crippen LogP contribution in [0.25, 0.3) is 10.4 Å². The minimum atomic E-state index is -0.680. The highest BCUT2D eigenvalue weighted by Gasteiger charge is 2.11. The molecule has 6 heteroatoms. The third kappa shape index (κ3) is 4.69. The quantitative estimate of drug-likeness (QED) is 0.444. The highest BCUT2D eigenvalue weighted by atomic mass is 16.5. The molecule has 19 heavy (non-hydrogen) atoms. The Balaban J connectivity index is 2.83. The van der Waals surface area contributed by atoms with Crippen molar-refractivity contribution in [3.8, 4) is 11.5 Å². The van der Waals surface area contributed by atoms with E-state index in [1.165, 1.54) is 0 Å². The van der Waals surface area contributed by atoms with Crippen LogP contribution in [0.2, 0.25) is 0 Å². The molecular weight excluding hydrogens is 246 g/mol. The summed E-state index contributed by atoms with van der Waals surface area (Å²) in [6, 6.07) is 5.32. The van der Waals surface area contributed by atoms with E-state index in [4.69, 9.17) is 15.0 Å². The largest absolute Gasteiger partial charge is 0.490 e. The number of ether oxygens (including phenoxy) is 2. The van der Waals surface area contributed by atoms with Gasteiger partial charge in [-0.1, -0.05) is 11.2 Å². The Morgan fingerprint density at radius 1 is 1.26 bits per heavy atom. The number of rotatable bonds is 8. The van der Waals surface area contributed by atoms with E-state index in [0.29, 0.717) is 31.1 Å². The number of aliphatic hydroxyl groups is 1. The number of nitrogens with zero attached hydrogens (tertiary/aromatic N) is 3. The number of hydrogen-bond donors (Lipinski definition) is 1. The molecule has 1 N–H and O–H groups in total. The predicted molar refractivity (Wildman–Crippen MR) is 72.4 cm³/mol. The molecule has 6 nitrogen and oxygen atoms in total. The van der Waals surface area contributed by atoms with Crippen molar-refractivity contribution < 1.29 is 14.6 Å². The Labute approximate surface area is 112 Å². The molecule has 1 unspecified atom stereocenters. The van der Waals surface area contributed by atoms with Crippen LogP contribution in [0.15, 0.2) is 23.3 Å². The van der Waals surface area contributed by atoms with Gasteiger partial charge in [0.15, 0.2) is 11.5 Å². The molecule has 0 fully saturated rings. The van der Waals surface area contributed by atoms with Gasteiger partial charge in [-0.2, -0.15) is 0 Å². The molecule has 0 saturated heterocycles. The Bertz CT molecular complexity index is 445. The van der Waals surface area contributed by atoms with Crippen molar-refractivity contribution in [3.63, 3.8) is 0 Å². The molecule has 1 atom stereocenters. The molecule has 0 aliphatic rings. The van der Waals surface area contributed by atoms with E-state index in [1.54, 1.807) is 18.2 Å². The van der Waals surface area contributed by atoms with Crippen LogP contribution in [0.5, 0.6) is 11.5 Å². The maximum absolute atomic E-state index is 9.98. The van der Waals surface area contributed by atoms with E-state index >= 15 is 0 Å². The van der Waals surface area contributed by atoms with Gasteiger partial charge in [0.05, 0.1) is 19.3 Å². The fraction of sp³-hybridized carbons (Fsp3) is 0.538. The maximum atomic E-state index is 9.98. The summed E-state index contributed by atoms with van der Waals surface area (Å²) in [7, 11) is 0. The zero-order valence-corrected chi connectivity index (χ0v) is 11.2. The molecule has 104 valence electrons. The van der Waals surface area contributed by atoms with Crippen molar-refractivity contribution in [1.29, 1.82) is 0 Å². The van der Waals surface area contributed by atoms with Gasteiger partial charge in [0.2, 0.25) is 0 Å². The molecule has 1 aromatic carbocycles. The van der Waals surface area contributed by atoms with Gasteiger partial charge in [0, 0.05) is 11.5 Å². The first kappa shape index (κ1) is 15.1. The molecule has 0 amide bonds. The van der Waals surface area contributed by atoms with E-state index in [9.17, 15) is 5.11 Å². The fourth-order valence-corrected chi connectivity index (χ4v) is 1.67. The van der Waals surface area contributed by atoms with Gasteiger partial charge in [-0.15, -0.1) is 0 Å². The molecule has 0 aromatic heterocycles. The first-order chi connectivity index (χ1) is 9.22. The van der Waals surface area contributed by atoms with Crippen LogP contribution in [0.3, 0.4) is 0 Å². The zero-order chi connectivity index (χ0) is 14.1. The molecule has 0 saturated carbocycles. The average Bonchev–Trinajstić information content (AvgIpc) is 2.41. The summed E-state index contributed by atoms with van der Waals surface area (Å²) in [5.41, 5.74) is 8.92. The summed E-state index contributed by atoms with van der Waals surface area (Å²) in [4.78, 5) is 2.66. The van der Waals surface area contributed by atoms with Crippen LogP contribution in [0.1, 0.15) is 31.9 Å². The highest BCUT2D eigenvalue weighted by molar-refractivity contribution is 5.43. The Morgan fingerprint density at radius 3 is 2.58 bits per heavy atom. The number of aliphatic hydroxyl groups excluding tert-OH is 1. The van der Waals surface area contributed by atoms with Crippen LogP contribution in [-0.4, -0.2) is 24.9 Å². The lowest BCUT2D eigenvalue weighted by atomic mass is 10.1. The molecule has 0 bridgehead atoms. The maximum Gasteiger partial charge on any atom is 0.161 e. The lowest BCUT2D eigenvalue weighted by molar-refractivity contribution is 0.169. The topological polar surface area (TPSA) is 87.5 Å². The Hall–Kier alpha value is -1.91. The molecular formula is C13H19N3O3. The van der Waals surface area contributed by atoms with Crippen LogP contribution in [0, 0.1) is 0 Å². The molecule has 0 spiro atoms. The van der Waals surface area contributed by atoms with E-state index in [0.717, 1.165) is 5.56 Å².